The summed E-state index contributed by atoms with van der Waals surface area (Å²) in [4.78, 5) is 14.4. The van der Waals surface area contributed by atoms with Crippen LogP contribution in [0.3, 0.4) is 0 Å². The van der Waals surface area contributed by atoms with E-state index in [9.17, 15) is 13.2 Å². The molecule has 1 fully saturated rings. The second-order valence-corrected chi connectivity index (χ2v) is 9.88. The number of hydrogen-bond donors (Lipinski definition) is 1. The number of carbonyl (C=O) groups excluding carboxylic acids is 1. The molecule has 1 amide bonds. The number of sulfonamides is 1. The molecule has 10 heteroatoms. The highest BCUT2D eigenvalue weighted by Crippen LogP contribution is 2.25. The van der Waals surface area contributed by atoms with Gasteiger partial charge in [0.05, 0.1) is 12.0 Å². The first kappa shape index (κ1) is 20.7. The molecule has 0 radical (unpaired) electrons. The molecule has 0 bridgehead atoms. The maximum atomic E-state index is 12.4. The first-order valence-corrected chi connectivity index (χ1v) is 12.0. The fourth-order valence-electron chi connectivity index (χ4n) is 3.23. The van der Waals surface area contributed by atoms with Gasteiger partial charge in [-0.3, -0.25) is 9.52 Å². The minimum atomic E-state index is -3.31. The topological polar surface area (TPSA) is 97.2 Å². The van der Waals surface area contributed by atoms with Gasteiger partial charge in [-0.1, -0.05) is 18.7 Å². The number of rotatable bonds is 6. The van der Waals surface area contributed by atoms with Gasteiger partial charge < -0.3 is 9.47 Å². The smallest absolute Gasteiger partial charge is 0.233 e. The molecule has 1 aromatic carbocycles. The van der Waals surface area contributed by atoms with E-state index in [0.29, 0.717) is 28.3 Å². The van der Waals surface area contributed by atoms with E-state index in [1.165, 1.54) is 18.2 Å². The number of thioether (sulfide) groups is 1. The summed E-state index contributed by atoms with van der Waals surface area (Å²) in [6, 6.07) is 6.93. The zero-order chi connectivity index (χ0) is 20.3. The van der Waals surface area contributed by atoms with Crippen molar-refractivity contribution >= 4 is 33.4 Å². The lowest BCUT2D eigenvalue weighted by Gasteiger charge is -2.30. The van der Waals surface area contributed by atoms with Crippen molar-refractivity contribution in [2.45, 2.75) is 24.9 Å². The molecule has 1 N–H and O–H groups in total. The van der Waals surface area contributed by atoms with E-state index in [1.807, 2.05) is 16.5 Å². The van der Waals surface area contributed by atoms with Gasteiger partial charge in [-0.2, -0.15) is 0 Å². The van der Waals surface area contributed by atoms with E-state index in [0.717, 1.165) is 31.3 Å². The molecular weight excluding hydrogens is 398 g/mol. The Balaban J connectivity index is 1.64. The molecule has 8 nitrogen and oxygen atoms in total. The molecule has 1 unspecified atom stereocenters. The highest BCUT2D eigenvalue weighted by atomic mass is 32.2. The molecule has 1 aliphatic heterocycles. The van der Waals surface area contributed by atoms with Gasteiger partial charge in [0, 0.05) is 31.4 Å². The monoisotopic (exact) mass is 423 g/mol. The van der Waals surface area contributed by atoms with Crippen LogP contribution in [0.1, 0.15) is 19.8 Å². The van der Waals surface area contributed by atoms with Gasteiger partial charge in [0.15, 0.2) is 11.0 Å². The van der Waals surface area contributed by atoms with Gasteiger partial charge in [0.1, 0.15) is 0 Å². The van der Waals surface area contributed by atoms with Crippen LogP contribution >= 0.6 is 11.8 Å². The number of hydrogen-bond acceptors (Lipinski definition) is 6. The molecule has 1 saturated heterocycles. The van der Waals surface area contributed by atoms with E-state index in [2.05, 4.69) is 21.8 Å². The van der Waals surface area contributed by atoms with Crippen molar-refractivity contribution in [2.24, 2.45) is 13.0 Å². The number of benzene rings is 1. The largest absolute Gasteiger partial charge is 0.342 e. The van der Waals surface area contributed by atoms with Gasteiger partial charge in [0.2, 0.25) is 15.9 Å². The van der Waals surface area contributed by atoms with Crippen molar-refractivity contribution in [3.05, 3.63) is 24.3 Å². The van der Waals surface area contributed by atoms with E-state index in [4.69, 9.17) is 0 Å². The summed E-state index contributed by atoms with van der Waals surface area (Å²) >= 11 is 1.38. The second kappa shape index (κ2) is 8.52. The van der Waals surface area contributed by atoms with Crippen molar-refractivity contribution in [3.8, 4) is 11.4 Å². The molecule has 1 aromatic heterocycles. The molecule has 0 aliphatic carbocycles. The van der Waals surface area contributed by atoms with Gasteiger partial charge in [-0.05, 0) is 43.0 Å². The molecule has 2 aromatic rings. The quantitative estimate of drug-likeness (QED) is 0.716. The maximum Gasteiger partial charge on any atom is 0.233 e. The Hall–Kier alpha value is -2.07. The Labute approximate surface area is 169 Å². The molecule has 0 spiro atoms. The second-order valence-electron chi connectivity index (χ2n) is 7.19. The lowest BCUT2D eigenvalue weighted by atomic mass is 10.0. The molecule has 152 valence electrons. The van der Waals surface area contributed by atoms with Crippen LogP contribution in [0.25, 0.3) is 11.4 Å². The third-order valence-electron chi connectivity index (χ3n) is 4.62. The summed E-state index contributed by atoms with van der Waals surface area (Å²) in [6.45, 7) is 3.84. The van der Waals surface area contributed by atoms with Gasteiger partial charge >= 0.3 is 0 Å². The Bertz CT molecular complexity index is 941. The zero-order valence-corrected chi connectivity index (χ0v) is 17.9. The summed E-state index contributed by atoms with van der Waals surface area (Å²) in [5.41, 5.74) is 1.31. The number of amides is 1. The maximum absolute atomic E-state index is 12.4. The van der Waals surface area contributed by atoms with Gasteiger partial charge in [0.25, 0.3) is 0 Å². The van der Waals surface area contributed by atoms with Gasteiger partial charge in [-0.25, -0.2) is 8.42 Å². The molecule has 2 heterocycles. The predicted octanol–water partition coefficient (Wildman–Crippen LogP) is 2.20. The van der Waals surface area contributed by atoms with E-state index in [1.54, 1.807) is 24.3 Å². The standard InChI is InChI=1S/C18H25N5O3S2/c1-13-5-4-10-23(11-13)16(24)12-27-18-20-19-17(22(18)2)14-6-8-15(9-7-14)21-28(3,25)26/h6-9,13,21H,4-5,10-12H2,1-3H3. The highest BCUT2D eigenvalue weighted by Gasteiger charge is 2.22. The molecular formula is C18H25N5O3S2. The Morgan fingerprint density at radius 1 is 1.29 bits per heavy atom. The lowest BCUT2D eigenvalue weighted by Crippen LogP contribution is -2.40. The van der Waals surface area contributed by atoms with E-state index < -0.39 is 10.0 Å². The van der Waals surface area contributed by atoms with E-state index >= 15 is 0 Å². The van der Waals surface area contributed by atoms with E-state index in [-0.39, 0.29) is 5.91 Å². The Morgan fingerprint density at radius 2 is 2.00 bits per heavy atom. The molecule has 28 heavy (non-hydrogen) atoms. The number of likely N-dealkylation sites (tertiary alicyclic amines) is 1. The van der Waals surface area contributed by atoms with Crippen LogP contribution in [0.15, 0.2) is 29.4 Å². The van der Waals surface area contributed by atoms with Crippen molar-refractivity contribution < 1.29 is 13.2 Å². The normalized spacial score (nSPS) is 17.5. The predicted molar refractivity (Wildman–Crippen MR) is 111 cm³/mol. The molecule has 3 rings (SSSR count). The number of aromatic nitrogens is 3. The number of carbonyl (C=O) groups is 1. The minimum absolute atomic E-state index is 0.136. The van der Waals surface area contributed by atoms with Gasteiger partial charge in [-0.15, -0.1) is 10.2 Å². The first-order valence-electron chi connectivity index (χ1n) is 9.11. The summed E-state index contributed by atoms with van der Waals surface area (Å²) in [6.07, 6.45) is 3.36. The number of nitrogens with zero attached hydrogens (tertiary/aromatic N) is 4. The number of anilines is 1. The average molecular weight is 424 g/mol. The highest BCUT2D eigenvalue weighted by molar-refractivity contribution is 7.99. The molecule has 1 aliphatic rings. The SMILES string of the molecule is CC1CCCN(C(=O)CSc2nnc(-c3ccc(NS(C)(=O)=O)cc3)n2C)C1. The third-order valence-corrected chi connectivity index (χ3v) is 6.23. The van der Waals surface area contributed by atoms with Crippen molar-refractivity contribution in [1.82, 2.24) is 19.7 Å². The lowest BCUT2D eigenvalue weighted by molar-refractivity contribution is -0.130. The Kier molecular flexibility index (Phi) is 6.29. The number of piperidine rings is 1. The van der Waals surface area contributed by atoms with Crippen molar-refractivity contribution in [2.75, 3.05) is 29.8 Å². The van der Waals surface area contributed by atoms with Crippen molar-refractivity contribution in [3.63, 3.8) is 0 Å². The first-order chi connectivity index (χ1) is 13.2. The summed E-state index contributed by atoms with van der Waals surface area (Å²) in [5, 5.41) is 9.09. The summed E-state index contributed by atoms with van der Waals surface area (Å²) < 4.78 is 26.9. The fraction of sp³-hybridized carbons (Fsp3) is 0.500. The third kappa shape index (κ3) is 5.26. The average Bonchev–Trinajstić information content (AvgIpc) is 2.99. The number of nitrogens with one attached hydrogen (secondary N) is 1. The minimum Gasteiger partial charge on any atom is -0.342 e. The van der Waals surface area contributed by atoms with Crippen LogP contribution in [-0.4, -0.2) is 59.1 Å². The Morgan fingerprint density at radius 3 is 2.64 bits per heavy atom. The van der Waals surface area contributed by atoms with Crippen LogP contribution in [0.5, 0.6) is 0 Å². The van der Waals surface area contributed by atoms with Crippen LogP contribution in [0, 0.1) is 5.92 Å². The fourth-order valence-corrected chi connectivity index (χ4v) is 4.60. The van der Waals surface area contributed by atoms with Crippen LogP contribution < -0.4 is 4.72 Å². The zero-order valence-electron chi connectivity index (χ0n) is 16.3. The molecule has 1 atom stereocenters. The summed E-state index contributed by atoms with van der Waals surface area (Å²) in [5.74, 6) is 1.70. The van der Waals surface area contributed by atoms with Crippen LogP contribution in [-0.2, 0) is 21.9 Å². The molecule has 0 saturated carbocycles. The van der Waals surface area contributed by atoms with Crippen LogP contribution in [0.4, 0.5) is 5.69 Å². The van der Waals surface area contributed by atoms with Crippen LogP contribution in [0.2, 0.25) is 0 Å². The van der Waals surface area contributed by atoms with Crippen molar-refractivity contribution in [1.29, 1.82) is 0 Å². The summed E-state index contributed by atoms with van der Waals surface area (Å²) in [7, 11) is -1.45.